The third-order valence-corrected chi connectivity index (χ3v) is 9.99. The summed E-state index contributed by atoms with van der Waals surface area (Å²) in [5.41, 5.74) is 4.58. The van der Waals surface area contributed by atoms with Crippen molar-refractivity contribution in [1.29, 1.82) is 0 Å². The number of esters is 1. The molecule has 244 valence electrons. The smallest absolute Gasteiger partial charge is 0.320 e. The zero-order valence-corrected chi connectivity index (χ0v) is 27.1. The van der Waals surface area contributed by atoms with Gasteiger partial charge in [-0.1, -0.05) is 12.1 Å². The molecule has 3 aliphatic rings. The van der Waals surface area contributed by atoms with Crippen LogP contribution in [0.2, 0.25) is 0 Å². The maximum absolute atomic E-state index is 11.7. The lowest BCUT2D eigenvalue weighted by molar-refractivity contribution is -0.144. The molecule has 0 unspecified atom stereocenters. The van der Waals surface area contributed by atoms with Gasteiger partial charge in [-0.15, -0.1) is 0 Å². The van der Waals surface area contributed by atoms with Gasteiger partial charge in [-0.3, -0.25) is 19.6 Å². The lowest BCUT2D eigenvalue weighted by atomic mass is 9.91. The number of hydrogen-bond donors (Lipinski definition) is 0. The van der Waals surface area contributed by atoms with Gasteiger partial charge in [0.05, 0.1) is 30.9 Å². The van der Waals surface area contributed by atoms with Crippen LogP contribution in [-0.2, 0) is 21.3 Å². The van der Waals surface area contributed by atoms with E-state index in [0.29, 0.717) is 25.1 Å². The molecule has 0 atom stereocenters. The predicted molar refractivity (Wildman–Crippen MR) is 179 cm³/mol. The van der Waals surface area contributed by atoms with E-state index < -0.39 is 0 Å². The van der Waals surface area contributed by atoms with Crippen LogP contribution < -0.4 is 4.74 Å². The van der Waals surface area contributed by atoms with Crippen LogP contribution in [0, 0.1) is 0 Å². The van der Waals surface area contributed by atoms with Gasteiger partial charge in [0, 0.05) is 119 Å². The third-order valence-electron chi connectivity index (χ3n) is 9.99. The van der Waals surface area contributed by atoms with Crippen LogP contribution in [-0.4, -0.2) is 119 Å². The predicted octanol–water partition coefficient (Wildman–Crippen LogP) is 4.36. The van der Waals surface area contributed by atoms with Crippen molar-refractivity contribution < 1.29 is 19.0 Å². The van der Waals surface area contributed by atoms with E-state index in [1.807, 2.05) is 31.6 Å². The van der Waals surface area contributed by atoms with Crippen molar-refractivity contribution in [2.45, 2.75) is 50.9 Å². The van der Waals surface area contributed by atoms with Gasteiger partial charge in [-0.05, 0) is 43.5 Å². The maximum Gasteiger partial charge on any atom is 0.320 e. The SMILES string of the molecule is CCOC(=O)CN1CCN(CCN2CCC(OC3CC(Oc4ccc(-c5ccc6c7cnccc7n(C)c6c5)cn4)C3)CC2)CC1. The van der Waals surface area contributed by atoms with Crippen molar-refractivity contribution in [2.75, 3.05) is 65.5 Å². The number of nitrogens with zero attached hydrogens (tertiary/aromatic N) is 6. The molecule has 0 bridgehead atoms. The van der Waals surface area contributed by atoms with Crippen molar-refractivity contribution in [3.63, 3.8) is 0 Å². The van der Waals surface area contributed by atoms with Crippen LogP contribution in [0.3, 0.4) is 0 Å². The number of aryl methyl sites for hydroxylation is 1. The number of carbonyl (C=O) groups excluding carboxylic acids is 1. The zero-order valence-electron chi connectivity index (χ0n) is 27.1. The molecule has 10 nitrogen and oxygen atoms in total. The minimum atomic E-state index is -0.112. The summed E-state index contributed by atoms with van der Waals surface area (Å²) in [7, 11) is 2.10. The second-order valence-corrected chi connectivity index (χ2v) is 13.0. The highest BCUT2D eigenvalue weighted by molar-refractivity contribution is 6.08. The van der Waals surface area contributed by atoms with E-state index in [4.69, 9.17) is 14.2 Å². The number of hydrogen-bond acceptors (Lipinski definition) is 9. The molecule has 0 amide bonds. The average Bonchev–Trinajstić information content (AvgIpc) is 3.35. The molecule has 2 saturated heterocycles. The van der Waals surface area contributed by atoms with Gasteiger partial charge < -0.3 is 23.7 Å². The monoisotopic (exact) mass is 626 g/mol. The lowest BCUT2D eigenvalue weighted by Gasteiger charge is -2.40. The van der Waals surface area contributed by atoms with Crippen molar-refractivity contribution in [3.05, 3.63) is 55.0 Å². The van der Waals surface area contributed by atoms with Crippen molar-refractivity contribution in [2.24, 2.45) is 7.05 Å². The lowest BCUT2D eigenvalue weighted by Crippen LogP contribution is -2.50. The highest BCUT2D eigenvalue weighted by Gasteiger charge is 2.35. The Labute approximate surface area is 271 Å². The first-order valence-electron chi connectivity index (χ1n) is 17.0. The summed E-state index contributed by atoms with van der Waals surface area (Å²) < 4.78 is 20.0. The van der Waals surface area contributed by atoms with Crippen molar-refractivity contribution in [3.8, 4) is 17.0 Å². The van der Waals surface area contributed by atoms with Crippen LogP contribution in [0.1, 0.15) is 32.6 Å². The van der Waals surface area contributed by atoms with Crippen LogP contribution in [0.5, 0.6) is 5.88 Å². The third kappa shape index (κ3) is 7.05. The van der Waals surface area contributed by atoms with E-state index in [1.165, 1.54) is 21.8 Å². The topological polar surface area (TPSA) is 85.2 Å². The molecule has 0 radical (unpaired) electrons. The summed E-state index contributed by atoms with van der Waals surface area (Å²) in [6, 6.07) is 12.7. The Morgan fingerprint density at radius 1 is 0.804 bits per heavy atom. The standard InChI is InChI=1S/C36H46N6O4/c1-3-44-36(43)25-42-18-16-41(17-19-42)15-14-40-12-9-28(10-13-40)45-29-21-30(22-29)46-35-7-5-27(23-38-35)26-4-6-31-32-24-37-11-8-33(32)39(2)34(31)20-26/h4-8,11,20,23-24,28-30H,3,9-10,12-19,21-22,25H2,1-2H3. The molecule has 0 N–H and O–H groups in total. The molecule has 1 saturated carbocycles. The number of aromatic nitrogens is 3. The number of fused-ring (bicyclic) bond motifs is 3. The first-order chi connectivity index (χ1) is 22.5. The number of piperazine rings is 1. The minimum Gasteiger partial charge on any atom is -0.474 e. The Kier molecular flexibility index (Phi) is 9.48. The first-order valence-corrected chi connectivity index (χ1v) is 17.0. The van der Waals surface area contributed by atoms with Gasteiger partial charge in [-0.2, -0.15) is 0 Å². The van der Waals surface area contributed by atoms with E-state index in [-0.39, 0.29) is 18.2 Å². The quantitative estimate of drug-likeness (QED) is 0.226. The second-order valence-electron chi connectivity index (χ2n) is 13.0. The van der Waals surface area contributed by atoms with E-state index in [1.54, 1.807) is 0 Å². The Morgan fingerprint density at radius 3 is 2.28 bits per heavy atom. The Hall–Kier alpha value is -3.57. The number of carbonyl (C=O) groups is 1. The van der Waals surface area contributed by atoms with Crippen LogP contribution in [0.25, 0.3) is 32.9 Å². The summed E-state index contributed by atoms with van der Waals surface area (Å²) in [6.07, 6.45) is 10.5. The molecule has 3 fully saturated rings. The average molecular weight is 627 g/mol. The summed E-state index contributed by atoms with van der Waals surface area (Å²) in [5.74, 6) is 0.566. The van der Waals surface area contributed by atoms with E-state index >= 15 is 0 Å². The summed E-state index contributed by atoms with van der Waals surface area (Å²) in [4.78, 5) is 28.0. The number of likely N-dealkylation sites (tertiary alicyclic amines) is 1. The van der Waals surface area contributed by atoms with E-state index in [0.717, 1.165) is 89.2 Å². The highest BCUT2D eigenvalue weighted by atomic mass is 16.5. The molecule has 46 heavy (non-hydrogen) atoms. The fraction of sp³-hybridized carbons (Fsp3) is 0.528. The molecule has 7 rings (SSSR count). The van der Waals surface area contributed by atoms with E-state index in [2.05, 4.69) is 66.6 Å². The normalized spacial score (nSPS) is 21.9. The second kappa shape index (κ2) is 14.0. The summed E-state index contributed by atoms with van der Waals surface area (Å²) in [5, 5.41) is 2.39. The Balaban J connectivity index is 0.800. The van der Waals surface area contributed by atoms with Gasteiger partial charge >= 0.3 is 5.97 Å². The van der Waals surface area contributed by atoms with Crippen molar-refractivity contribution >= 4 is 27.8 Å². The molecule has 4 aromatic rings. The molecule has 10 heteroatoms. The largest absolute Gasteiger partial charge is 0.474 e. The number of rotatable bonds is 11. The van der Waals surface area contributed by atoms with Crippen molar-refractivity contribution in [1.82, 2.24) is 29.2 Å². The minimum absolute atomic E-state index is 0.112. The fourth-order valence-corrected chi connectivity index (χ4v) is 7.13. The fourth-order valence-electron chi connectivity index (χ4n) is 7.13. The molecule has 3 aromatic heterocycles. The molecule has 1 aliphatic carbocycles. The molecule has 5 heterocycles. The van der Waals surface area contributed by atoms with Gasteiger partial charge in [0.1, 0.15) is 6.10 Å². The highest BCUT2D eigenvalue weighted by Crippen LogP contribution is 2.33. The van der Waals surface area contributed by atoms with Crippen LogP contribution >= 0.6 is 0 Å². The number of piperidine rings is 1. The van der Waals surface area contributed by atoms with Gasteiger partial charge in [0.15, 0.2) is 0 Å². The molecular formula is C36H46N6O4. The Morgan fingerprint density at radius 2 is 1.54 bits per heavy atom. The number of ether oxygens (including phenoxy) is 3. The maximum atomic E-state index is 11.7. The first kappa shape index (κ1) is 31.1. The molecular weight excluding hydrogens is 580 g/mol. The summed E-state index contributed by atoms with van der Waals surface area (Å²) >= 11 is 0. The number of pyridine rings is 2. The molecule has 2 aliphatic heterocycles. The van der Waals surface area contributed by atoms with Gasteiger partial charge in [-0.25, -0.2) is 4.98 Å². The van der Waals surface area contributed by atoms with Gasteiger partial charge in [0.2, 0.25) is 5.88 Å². The van der Waals surface area contributed by atoms with Gasteiger partial charge in [0.25, 0.3) is 0 Å². The van der Waals surface area contributed by atoms with E-state index in [9.17, 15) is 4.79 Å². The number of benzene rings is 1. The molecule has 1 aromatic carbocycles. The van der Waals surface area contributed by atoms with Crippen LogP contribution in [0.15, 0.2) is 55.0 Å². The summed E-state index contributed by atoms with van der Waals surface area (Å²) in [6.45, 7) is 11.0. The molecule has 0 spiro atoms. The zero-order chi connectivity index (χ0) is 31.5. The van der Waals surface area contributed by atoms with Crippen LogP contribution in [0.4, 0.5) is 0 Å². The Bertz CT molecular complexity index is 1620.